The number of ether oxygens (including phenoxy) is 1. The molecule has 1 N–H and O–H groups in total. The maximum atomic E-state index is 12.9. The normalized spacial score (nSPS) is 15.7. The largest absolute Gasteiger partial charge is 0.482 e. The number of hydrazone groups is 1. The van der Waals surface area contributed by atoms with E-state index in [1.54, 1.807) is 12.2 Å². The predicted octanol–water partition coefficient (Wildman–Crippen LogP) is 5.28. The molecule has 1 aliphatic heterocycles. The summed E-state index contributed by atoms with van der Waals surface area (Å²) >= 11 is 19.0. The molecule has 0 aliphatic carbocycles. The fraction of sp³-hybridized carbons (Fsp3) is 0.174. The highest BCUT2D eigenvalue weighted by Crippen LogP contribution is 2.34. The minimum atomic E-state index is -0.544. The second kappa shape index (κ2) is 11.7. The molecule has 178 valence electrons. The molecule has 34 heavy (non-hydrogen) atoms. The van der Waals surface area contributed by atoms with Gasteiger partial charge in [-0.2, -0.15) is 0 Å². The number of amidine groups is 1. The van der Waals surface area contributed by atoms with Gasteiger partial charge in [0.2, 0.25) is 0 Å². The lowest BCUT2D eigenvalue weighted by Gasteiger charge is -2.13. The van der Waals surface area contributed by atoms with Crippen molar-refractivity contribution in [2.75, 3.05) is 32.1 Å². The standard InChI is InChI=1S/C23H21Cl3N4O3S/c1-4-9-30-22(32)20(10-14-5-7-15(8-6-14)29(2)3)34-23(30)28-27-21(31)13-33-19-12-17(25)16(24)11-18(19)26/h4-8,10-12H,1,9,13H2,2-3H3,(H,27,31). The van der Waals surface area contributed by atoms with Crippen molar-refractivity contribution >= 4 is 75.3 Å². The van der Waals surface area contributed by atoms with Crippen LogP contribution in [0.15, 0.2) is 59.1 Å². The topological polar surface area (TPSA) is 74.2 Å². The zero-order valence-corrected chi connectivity index (χ0v) is 21.4. The second-order valence-electron chi connectivity index (χ2n) is 7.22. The summed E-state index contributed by atoms with van der Waals surface area (Å²) in [5, 5.41) is 5.16. The summed E-state index contributed by atoms with van der Waals surface area (Å²) in [5.41, 5.74) is 4.32. The van der Waals surface area contributed by atoms with Gasteiger partial charge in [0, 0.05) is 32.4 Å². The Morgan fingerprint density at radius 1 is 1.18 bits per heavy atom. The zero-order valence-electron chi connectivity index (χ0n) is 18.3. The molecule has 2 aromatic carbocycles. The Balaban J connectivity index is 1.69. The fourth-order valence-corrected chi connectivity index (χ4v) is 4.34. The minimum Gasteiger partial charge on any atom is -0.482 e. The van der Waals surface area contributed by atoms with Gasteiger partial charge in [0.1, 0.15) is 5.75 Å². The van der Waals surface area contributed by atoms with E-state index in [0.717, 1.165) is 23.0 Å². The number of thioether (sulfide) groups is 1. The van der Waals surface area contributed by atoms with Crippen LogP contribution in [0.2, 0.25) is 15.1 Å². The third-order valence-corrected chi connectivity index (χ3v) is 6.54. The molecule has 0 radical (unpaired) electrons. The molecule has 1 aliphatic rings. The van der Waals surface area contributed by atoms with Crippen molar-refractivity contribution in [3.05, 3.63) is 74.6 Å². The molecule has 11 heteroatoms. The van der Waals surface area contributed by atoms with Crippen LogP contribution in [0.1, 0.15) is 5.56 Å². The molecule has 1 heterocycles. The van der Waals surface area contributed by atoms with Crippen LogP contribution in [-0.4, -0.2) is 49.1 Å². The lowest BCUT2D eigenvalue weighted by molar-refractivity contribution is -0.123. The van der Waals surface area contributed by atoms with Crippen molar-refractivity contribution < 1.29 is 14.3 Å². The van der Waals surface area contributed by atoms with Crippen LogP contribution >= 0.6 is 46.6 Å². The Morgan fingerprint density at radius 3 is 2.50 bits per heavy atom. The van der Waals surface area contributed by atoms with Gasteiger partial charge in [-0.05, 0) is 41.6 Å². The van der Waals surface area contributed by atoms with Crippen LogP contribution in [0.25, 0.3) is 6.08 Å². The predicted molar refractivity (Wildman–Crippen MR) is 141 cm³/mol. The van der Waals surface area contributed by atoms with Gasteiger partial charge in [0.05, 0.1) is 20.0 Å². The number of hydrogen-bond acceptors (Lipinski definition) is 6. The van der Waals surface area contributed by atoms with E-state index >= 15 is 0 Å². The van der Waals surface area contributed by atoms with E-state index in [0.29, 0.717) is 10.1 Å². The van der Waals surface area contributed by atoms with Gasteiger partial charge in [-0.1, -0.05) is 53.0 Å². The van der Waals surface area contributed by atoms with Gasteiger partial charge >= 0.3 is 0 Å². The summed E-state index contributed by atoms with van der Waals surface area (Å²) in [5.74, 6) is -0.561. The monoisotopic (exact) mass is 538 g/mol. The number of anilines is 1. The molecule has 2 aromatic rings. The number of hydrogen-bond donors (Lipinski definition) is 1. The van der Waals surface area contributed by atoms with E-state index in [4.69, 9.17) is 39.5 Å². The van der Waals surface area contributed by atoms with E-state index in [2.05, 4.69) is 17.1 Å². The fourth-order valence-electron chi connectivity index (χ4n) is 2.80. The smallest absolute Gasteiger partial charge is 0.278 e. The average molecular weight is 540 g/mol. The summed E-state index contributed by atoms with van der Waals surface area (Å²) < 4.78 is 5.40. The summed E-state index contributed by atoms with van der Waals surface area (Å²) in [7, 11) is 3.91. The van der Waals surface area contributed by atoms with Crippen molar-refractivity contribution in [3.8, 4) is 5.75 Å². The molecule has 0 aromatic heterocycles. The van der Waals surface area contributed by atoms with Gasteiger partial charge in [-0.3, -0.25) is 14.5 Å². The van der Waals surface area contributed by atoms with E-state index in [1.807, 2.05) is 43.3 Å². The molecule has 0 unspecified atom stereocenters. The number of nitrogens with one attached hydrogen (secondary N) is 1. The maximum Gasteiger partial charge on any atom is 0.278 e. The van der Waals surface area contributed by atoms with Gasteiger partial charge in [-0.25, -0.2) is 5.43 Å². The Bertz CT molecular complexity index is 1170. The zero-order chi connectivity index (χ0) is 24.8. The molecule has 7 nitrogen and oxygen atoms in total. The lowest BCUT2D eigenvalue weighted by atomic mass is 10.2. The number of amides is 2. The lowest BCUT2D eigenvalue weighted by Crippen LogP contribution is -2.32. The molecule has 0 spiro atoms. The third-order valence-electron chi connectivity index (χ3n) is 4.52. The van der Waals surface area contributed by atoms with E-state index in [-0.39, 0.29) is 39.9 Å². The van der Waals surface area contributed by atoms with Gasteiger partial charge in [0.15, 0.2) is 11.8 Å². The number of nitrogens with zero attached hydrogens (tertiary/aromatic N) is 3. The van der Waals surface area contributed by atoms with Crippen LogP contribution in [0, 0.1) is 0 Å². The molecule has 0 saturated carbocycles. The van der Waals surface area contributed by atoms with E-state index in [1.165, 1.54) is 17.0 Å². The van der Waals surface area contributed by atoms with E-state index in [9.17, 15) is 9.59 Å². The third kappa shape index (κ3) is 6.48. The van der Waals surface area contributed by atoms with Crippen molar-refractivity contribution in [1.82, 2.24) is 10.3 Å². The minimum absolute atomic E-state index is 0.211. The van der Waals surface area contributed by atoms with Crippen molar-refractivity contribution in [2.45, 2.75) is 0 Å². The Morgan fingerprint density at radius 2 is 1.85 bits per heavy atom. The molecule has 1 saturated heterocycles. The van der Waals surface area contributed by atoms with Gasteiger partial charge in [0.25, 0.3) is 11.8 Å². The van der Waals surface area contributed by atoms with Crippen molar-refractivity contribution in [2.24, 2.45) is 5.10 Å². The summed E-state index contributed by atoms with van der Waals surface area (Å²) in [6.45, 7) is 3.56. The van der Waals surface area contributed by atoms with Gasteiger partial charge < -0.3 is 9.64 Å². The van der Waals surface area contributed by atoms with Crippen LogP contribution in [0.4, 0.5) is 5.69 Å². The highest BCUT2D eigenvalue weighted by Gasteiger charge is 2.33. The summed E-state index contributed by atoms with van der Waals surface area (Å²) in [6, 6.07) is 10.6. The molecule has 0 bridgehead atoms. The van der Waals surface area contributed by atoms with E-state index < -0.39 is 5.91 Å². The number of benzene rings is 2. The van der Waals surface area contributed by atoms with Crippen LogP contribution < -0.4 is 15.1 Å². The van der Waals surface area contributed by atoms with Gasteiger partial charge in [-0.15, -0.1) is 11.7 Å². The second-order valence-corrected chi connectivity index (χ2v) is 9.45. The molecule has 3 rings (SSSR count). The first-order valence-electron chi connectivity index (χ1n) is 9.93. The van der Waals surface area contributed by atoms with Crippen molar-refractivity contribution in [1.29, 1.82) is 0 Å². The number of halogens is 3. The van der Waals surface area contributed by atoms with Crippen LogP contribution in [0.3, 0.4) is 0 Å². The molecular weight excluding hydrogens is 519 g/mol. The number of carbonyl (C=O) groups excluding carboxylic acids is 2. The first-order chi connectivity index (χ1) is 16.2. The average Bonchev–Trinajstić information content (AvgIpc) is 3.09. The Hall–Kier alpha value is -2.65. The van der Waals surface area contributed by atoms with Crippen LogP contribution in [-0.2, 0) is 9.59 Å². The quantitative estimate of drug-likeness (QED) is 0.214. The summed E-state index contributed by atoms with van der Waals surface area (Å²) in [4.78, 5) is 29.0. The van der Waals surface area contributed by atoms with Crippen molar-refractivity contribution in [3.63, 3.8) is 0 Å². The number of rotatable bonds is 8. The molecule has 1 fully saturated rings. The molecule has 0 atom stereocenters. The van der Waals surface area contributed by atoms with Crippen LogP contribution in [0.5, 0.6) is 5.75 Å². The Labute approximate surface area is 217 Å². The first-order valence-corrected chi connectivity index (χ1v) is 11.9. The highest BCUT2D eigenvalue weighted by molar-refractivity contribution is 8.18. The summed E-state index contributed by atoms with van der Waals surface area (Å²) in [6.07, 6.45) is 3.36. The highest BCUT2D eigenvalue weighted by atomic mass is 35.5. The molecular formula is C23H21Cl3N4O3S. The SMILES string of the molecule is C=CCN1C(=O)C(=Cc2ccc(N(C)C)cc2)SC1=NNC(=O)COc1cc(Cl)c(Cl)cc1Cl. The number of carbonyl (C=O) groups is 2. The molecule has 2 amide bonds. The Kier molecular flexibility index (Phi) is 8.90. The maximum absolute atomic E-state index is 12.9. The first kappa shape index (κ1) is 26.0.